The van der Waals surface area contributed by atoms with E-state index in [0.29, 0.717) is 16.6 Å². The normalized spacial score (nSPS) is 16.6. The highest BCUT2D eigenvalue weighted by Gasteiger charge is 2.35. The van der Waals surface area contributed by atoms with Crippen LogP contribution in [0.4, 0.5) is 5.69 Å². The van der Waals surface area contributed by atoms with Gasteiger partial charge in [0, 0.05) is 17.5 Å². The van der Waals surface area contributed by atoms with Gasteiger partial charge in [-0.2, -0.15) is 15.1 Å². The molecular weight excluding hydrogens is 456 g/mol. The lowest BCUT2D eigenvalue weighted by molar-refractivity contribution is -0.384. The number of nitro groups is 1. The van der Waals surface area contributed by atoms with E-state index in [4.69, 9.17) is 10.1 Å². The Hall–Kier alpha value is -3.73. The number of nitrogens with one attached hydrogen (secondary N) is 1. The fraction of sp³-hybridized carbons (Fsp3) is 0.304. The molecule has 0 spiro atoms. The molecule has 0 atom stereocenters. The number of fused-ring (bicyclic) bond motifs is 1. The van der Waals surface area contributed by atoms with Crippen molar-refractivity contribution in [2.24, 2.45) is 10.1 Å². The van der Waals surface area contributed by atoms with Crippen LogP contribution in [0.5, 0.6) is 5.75 Å². The van der Waals surface area contributed by atoms with Crippen molar-refractivity contribution in [2.75, 3.05) is 7.11 Å². The molecule has 1 aromatic carbocycles. The number of ether oxygens (including phenoxy) is 1. The second-order valence-corrected chi connectivity index (χ2v) is 8.93. The van der Waals surface area contributed by atoms with Gasteiger partial charge < -0.3 is 9.30 Å². The molecule has 0 bridgehead atoms. The van der Waals surface area contributed by atoms with Gasteiger partial charge in [0.25, 0.3) is 11.6 Å². The predicted molar refractivity (Wildman–Crippen MR) is 133 cm³/mol. The van der Waals surface area contributed by atoms with Crippen molar-refractivity contribution in [1.82, 2.24) is 9.58 Å². The molecule has 11 heteroatoms. The zero-order chi connectivity index (χ0) is 24.6. The number of unbranched alkanes of at least 4 members (excludes halogenated alkanes) is 1. The molecule has 1 N–H and O–H groups in total. The van der Waals surface area contributed by atoms with Gasteiger partial charge in [0.05, 0.1) is 29.4 Å². The second-order valence-electron chi connectivity index (χ2n) is 7.89. The SMILES string of the molecule is CCCCC1=NN2C(=N)/C(=C\c3cc(C)n(-c4ccc([N+](=O)[O-])cc4OC)c3C)C(=O)N=C2S1. The highest BCUT2D eigenvalue weighted by Crippen LogP contribution is 2.34. The van der Waals surface area contributed by atoms with E-state index in [1.54, 1.807) is 12.1 Å². The number of benzene rings is 1. The number of nitrogens with zero attached hydrogens (tertiary/aromatic N) is 5. The molecule has 176 valence electrons. The van der Waals surface area contributed by atoms with Gasteiger partial charge in [-0.05, 0) is 62.2 Å². The highest BCUT2D eigenvalue weighted by molar-refractivity contribution is 8.26. The second kappa shape index (κ2) is 9.26. The van der Waals surface area contributed by atoms with E-state index in [9.17, 15) is 14.9 Å². The van der Waals surface area contributed by atoms with E-state index in [1.165, 1.54) is 36.0 Å². The average Bonchev–Trinajstić information content (AvgIpc) is 3.34. The van der Waals surface area contributed by atoms with Crippen molar-refractivity contribution in [3.05, 3.63) is 56.9 Å². The Kier molecular flexibility index (Phi) is 6.38. The molecule has 1 aromatic heterocycles. The summed E-state index contributed by atoms with van der Waals surface area (Å²) < 4.78 is 7.30. The summed E-state index contributed by atoms with van der Waals surface area (Å²) in [4.78, 5) is 27.6. The van der Waals surface area contributed by atoms with Crippen LogP contribution in [0.3, 0.4) is 0 Å². The molecule has 0 aliphatic carbocycles. The number of nitro benzene ring substituents is 1. The van der Waals surface area contributed by atoms with Crippen LogP contribution in [0, 0.1) is 29.4 Å². The van der Waals surface area contributed by atoms with Gasteiger partial charge in [0.15, 0.2) is 5.84 Å². The van der Waals surface area contributed by atoms with E-state index >= 15 is 0 Å². The van der Waals surface area contributed by atoms with E-state index in [1.807, 2.05) is 24.5 Å². The summed E-state index contributed by atoms with van der Waals surface area (Å²) in [6.45, 7) is 5.86. The smallest absolute Gasteiger partial charge is 0.283 e. The Morgan fingerprint density at radius 2 is 2.06 bits per heavy atom. The maximum Gasteiger partial charge on any atom is 0.283 e. The van der Waals surface area contributed by atoms with Crippen molar-refractivity contribution in [1.29, 1.82) is 5.41 Å². The number of non-ortho nitro benzene ring substituents is 1. The predicted octanol–water partition coefficient (Wildman–Crippen LogP) is 4.82. The molecule has 34 heavy (non-hydrogen) atoms. The largest absolute Gasteiger partial charge is 0.494 e. The summed E-state index contributed by atoms with van der Waals surface area (Å²) >= 11 is 1.34. The number of methoxy groups -OCH3 is 1. The number of hydrogen-bond acceptors (Lipinski definition) is 7. The van der Waals surface area contributed by atoms with Crippen LogP contribution in [0.15, 0.2) is 39.9 Å². The number of carbonyl (C=O) groups excluding carboxylic acids is 1. The number of hydrogen-bond donors (Lipinski definition) is 1. The zero-order valence-corrected chi connectivity index (χ0v) is 20.1. The molecule has 2 aliphatic rings. The van der Waals surface area contributed by atoms with Gasteiger partial charge in [0.1, 0.15) is 10.8 Å². The van der Waals surface area contributed by atoms with E-state index in [-0.39, 0.29) is 17.1 Å². The number of aryl methyl sites for hydroxylation is 1. The molecule has 2 aliphatic heterocycles. The Morgan fingerprint density at radius 1 is 1.29 bits per heavy atom. The van der Waals surface area contributed by atoms with Crippen LogP contribution in [-0.2, 0) is 4.79 Å². The first kappa shape index (κ1) is 23.4. The minimum absolute atomic E-state index is 0.00767. The van der Waals surface area contributed by atoms with Crippen molar-refractivity contribution >= 4 is 45.5 Å². The Balaban J connectivity index is 1.72. The summed E-state index contributed by atoms with van der Waals surface area (Å²) in [6.07, 6.45) is 4.44. The standard InChI is InChI=1S/C23H24N6O4S/c1-5-6-7-20-26-28-21(24)17(22(30)25-23(28)34-20)11-15-10-13(2)27(14(15)3)18-9-8-16(29(31)32)12-19(18)33-4/h8-12,24H,5-7H2,1-4H3/b17-11+,24-21?. The first-order valence-electron chi connectivity index (χ1n) is 10.8. The van der Waals surface area contributed by atoms with Crippen molar-refractivity contribution < 1.29 is 14.5 Å². The maximum absolute atomic E-state index is 12.8. The van der Waals surface area contributed by atoms with Gasteiger partial charge in [-0.25, -0.2) is 0 Å². The highest BCUT2D eigenvalue weighted by atomic mass is 32.2. The summed E-state index contributed by atoms with van der Waals surface area (Å²) in [5.41, 5.74) is 3.08. The summed E-state index contributed by atoms with van der Waals surface area (Å²) in [6, 6.07) is 6.32. The summed E-state index contributed by atoms with van der Waals surface area (Å²) in [7, 11) is 1.46. The monoisotopic (exact) mass is 480 g/mol. The lowest BCUT2D eigenvalue weighted by atomic mass is 10.1. The van der Waals surface area contributed by atoms with Gasteiger partial charge in [-0.15, -0.1) is 0 Å². The Bertz CT molecular complexity index is 1310. The van der Waals surface area contributed by atoms with Crippen LogP contribution >= 0.6 is 11.8 Å². The summed E-state index contributed by atoms with van der Waals surface area (Å²) in [5, 5.41) is 26.9. The van der Waals surface area contributed by atoms with E-state index < -0.39 is 10.8 Å². The number of amides is 1. The molecule has 0 saturated heterocycles. The number of carbonyl (C=O) groups is 1. The molecule has 10 nitrogen and oxygen atoms in total. The van der Waals surface area contributed by atoms with Crippen LogP contribution in [0.25, 0.3) is 11.8 Å². The van der Waals surface area contributed by atoms with Crippen LogP contribution < -0.4 is 4.74 Å². The lowest BCUT2D eigenvalue weighted by Crippen LogP contribution is -2.35. The topological polar surface area (TPSA) is 126 Å². The number of aromatic nitrogens is 1. The minimum atomic E-state index is -0.478. The molecule has 2 aromatic rings. The molecular formula is C23H24N6O4S. The maximum atomic E-state index is 12.8. The van der Waals surface area contributed by atoms with Gasteiger partial charge in [-0.1, -0.05) is 13.3 Å². The van der Waals surface area contributed by atoms with Crippen molar-refractivity contribution in [3.8, 4) is 11.4 Å². The Morgan fingerprint density at radius 3 is 2.74 bits per heavy atom. The lowest BCUT2D eigenvalue weighted by Gasteiger charge is -2.20. The molecule has 0 radical (unpaired) electrons. The quantitative estimate of drug-likeness (QED) is 0.344. The molecule has 0 saturated carbocycles. The third-order valence-electron chi connectivity index (χ3n) is 5.63. The van der Waals surface area contributed by atoms with Crippen LogP contribution in [0.1, 0.15) is 43.1 Å². The molecule has 1 amide bonds. The van der Waals surface area contributed by atoms with Crippen molar-refractivity contribution in [3.63, 3.8) is 0 Å². The number of aliphatic imine (C=N–C) groups is 1. The average molecular weight is 481 g/mol. The van der Waals surface area contributed by atoms with Gasteiger partial charge in [-0.3, -0.25) is 20.3 Å². The first-order chi connectivity index (χ1) is 16.2. The number of rotatable bonds is 7. The number of hydrazone groups is 1. The molecule has 0 fully saturated rings. The Labute approximate surface area is 200 Å². The zero-order valence-electron chi connectivity index (χ0n) is 19.3. The fourth-order valence-corrected chi connectivity index (χ4v) is 4.81. The van der Waals surface area contributed by atoms with Gasteiger partial charge in [0.2, 0.25) is 5.17 Å². The molecule has 4 rings (SSSR count). The minimum Gasteiger partial charge on any atom is -0.494 e. The molecule has 3 heterocycles. The van der Waals surface area contributed by atoms with Crippen LogP contribution in [-0.4, -0.2) is 43.6 Å². The third-order valence-corrected chi connectivity index (χ3v) is 6.59. The number of amidine groups is 2. The fourth-order valence-electron chi connectivity index (χ4n) is 3.89. The van der Waals surface area contributed by atoms with E-state index in [2.05, 4.69) is 17.0 Å². The van der Waals surface area contributed by atoms with E-state index in [0.717, 1.165) is 41.3 Å². The number of thioether (sulfide) groups is 1. The van der Waals surface area contributed by atoms with Gasteiger partial charge >= 0.3 is 0 Å². The van der Waals surface area contributed by atoms with Crippen LogP contribution in [0.2, 0.25) is 0 Å². The summed E-state index contributed by atoms with van der Waals surface area (Å²) in [5.74, 6) is -0.130. The van der Waals surface area contributed by atoms with Crippen molar-refractivity contribution in [2.45, 2.75) is 40.0 Å². The molecule has 0 unspecified atom stereocenters. The first-order valence-corrected chi connectivity index (χ1v) is 11.6. The third kappa shape index (κ3) is 4.14.